The first-order chi connectivity index (χ1) is 19.2. The number of ether oxygens (including phenoxy) is 3. The minimum atomic E-state index is -4.08. The van der Waals surface area contributed by atoms with Crippen molar-refractivity contribution in [2.45, 2.75) is 16.7 Å². The highest BCUT2D eigenvalue weighted by Crippen LogP contribution is 2.36. The van der Waals surface area contributed by atoms with Crippen LogP contribution in [0.2, 0.25) is 0 Å². The molecule has 12 heteroatoms. The minimum Gasteiger partial charge on any atom is -0.494 e. The average Bonchev–Trinajstić information content (AvgIpc) is 2.95. The molecule has 1 amide bonds. The molecule has 0 spiro atoms. The van der Waals surface area contributed by atoms with Gasteiger partial charge < -0.3 is 14.2 Å². The van der Waals surface area contributed by atoms with Crippen molar-refractivity contribution in [3.8, 4) is 17.2 Å². The second-order valence-electron chi connectivity index (χ2n) is 8.04. The van der Waals surface area contributed by atoms with Crippen LogP contribution in [0, 0.1) is 0 Å². The van der Waals surface area contributed by atoms with Gasteiger partial charge in [0.2, 0.25) is 0 Å². The van der Waals surface area contributed by atoms with Gasteiger partial charge in [-0.25, -0.2) is 13.8 Å². The molecule has 0 aromatic heterocycles. The summed E-state index contributed by atoms with van der Waals surface area (Å²) in [5.41, 5.74) is 3.32. The van der Waals surface area contributed by atoms with E-state index in [1.54, 1.807) is 54.6 Å². The Morgan fingerprint density at radius 1 is 1.12 bits per heavy atom. The average molecular weight is 649 g/mol. The number of hydrogen-bond acceptors (Lipinski definition) is 8. The van der Waals surface area contributed by atoms with Crippen molar-refractivity contribution < 1.29 is 27.4 Å². The van der Waals surface area contributed by atoms with E-state index in [2.05, 4.69) is 33.0 Å². The molecule has 0 unspecified atom stereocenters. The zero-order chi connectivity index (χ0) is 29.1. The second kappa shape index (κ2) is 14.8. The summed E-state index contributed by atoms with van der Waals surface area (Å²) in [6.07, 6.45) is 4.94. The number of anilines is 1. The highest BCUT2D eigenvalue weighted by molar-refractivity contribution is 9.10. The maximum atomic E-state index is 13.6. The number of thioether (sulfide) groups is 1. The van der Waals surface area contributed by atoms with E-state index in [9.17, 15) is 13.2 Å². The standard InChI is InChI=1S/C28H30BrN3O6S2/c1-5-15-38-28-25(29)16-20(17-26(28)36-3)18-30-31-27(33)19-32(21-7-9-22(10-8-21)37-6-2)40(34,35)24-13-11-23(39-4)12-14-24/h5,7-14,16-18H,1,6,15,19H2,2-4H3,(H,31,33)/b30-18-. The summed E-state index contributed by atoms with van der Waals surface area (Å²) in [6, 6.07) is 16.4. The molecule has 3 aromatic rings. The van der Waals surface area contributed by atoms with Gasteiger partial charge in [-0.15, -0.1) is 11.8 Å². The highest BCUT2D eigenvalue weighted by Gasteiger charge is 2.27. The summed E-state index contributed by atoms with van der Waals surface area (Å²) in [4.78, 5) is 13.9. The number of benzene rings is 3. The van der Waals surface area contributed by atoms with E-state index < -0.39 is 22.5 Å². The van der Waals surface area contributed by atoms with Gasteiger partial charge in [-0.2, -0.15) is 5.10 Å². The molecular weight excluding hydrogens is 618 g/mol. The first-order valence-electron chi connectivity index (χ1n) is 12.1. The maximum Gasteiger partial charge on any atom is 0.264 e. The smallest absolute Gasteiger partial charge is 0.264 e. The van der Waals surface area contributed by atoms with Crippen molar-refractivity contribution in [2.24, 2.45) is 5.10 Å². The van der Waals surface area contributed by atoms with E-state index in [-0.39, 0.29) is 4.90 Å². The molecule has 0 radical (unpaired) electrons. The molecule has 0 aliphatic heterocycles. The number of rotatable bonds is 14. The summed E-state index contributed by atoms with van der Waals surface area (Å²) in [5.74, 6) is 0.922. The van der Waals surface area contributed by atoms with Crippen molar-refractivity contribution in [1.29, 1.82) is 0 Å². The fourth-order valence-electron chi connectivity index (χ4n) is 3.51. The molecule has 0 aliphatic rings. The lowest BCUT2D eigenvalue weighted by Gasteiger charge is -2.24. The maximum absolute atomic E-state index is 13.6. The Morgan fingerprint density at radius 3 is 2.42 bits per heavy atom. The van der Waals surface area contributed by atoms with Gasteiger partial charge in [-0.1, -0.05) is 12.7 Å². The van der Waals surface area contributed by atoms with Crippen LogP contribution in [0.4, 0.5) is 5.69 Å². The number of carbonyl (C=O) groups excluding carboxylic acids is 1. The third-order valence-electron chi connectivity index (χ3n) is 5.37. The van der Waals surface area contributed by atoms with Crippen molar-refractivity contribution in [3.63, 3.8) is 0 Å². The Balaban J connectivity index is 1.83. The lowest BCUT2D eigenvalue weighted by molar-refractivity contribution is -0.119. The van der Waals surface area contributed by atoms with E-state index in [0.717, 1.165) is 9.20 Å². The first-order valence-corrected chi connectivity index (χ1v) is 15.5. The van der Waals surface area contributed by atoms with Crippen molar-refractivity contribution in [2.75, 3.05) is 37.4 Å². The van der Waals surface area contributed by atoms with Crippen molar-refractivity contribution in [3.05, 3.63) is 83.4 Å². The molecule has 40 heavy (non-hydrogen) atoms. The zero-order valence-electron chi connectivity index (χ0n) is 22.3. The second-order valence-corrected chi connectivity index (χ2v) is 11.6. The summed E-state index contributed by atoms with van der Waals surface area (Å²) in [6.45, 7) is 5.76. The van der Waals surface area contributed by atoms with Gasteiger partial charge in [0.25, 0.3) is 15.9 Å². The zero-order valence-corrected chi connectivity index (χ0v) is 25.5. The van der Waals surface area contributed by atoms with Crippen LogP contribution >= 0.6 is 27.7 Å². The quantitative estimate of drug-likeness (QED) is 0.107. The number of halogens is 1. The lowest BCUT2D eigenvalue weighted by atomic mass is 10.2. The van der Waals surface area contributed by atoms with Crippen LogP contribution in [0.1, 0.15) is 12.5 Å². The third-order valence-corrected chi connectivity index (χ3v) is 8.49. The van der Waals surface area contributed by atoms with Gasteiger partial charge in [0, 0.05) is 4.90 Å². The SMILES string of the molecule is C=CCOc1c(Br)cc(/C=N\NC(=O)CN(c2ccc(OCC)cc2)S(=O)(=O)c2ccc(SC)cc2)cc1OC. The number of hydrazone groups is 1. The predicted molar refractivity (Wildman–Crippen MR) is 162 cm³/mol. The number of hydrogen-bond donors (Lipinski definition) is 1. The molecule has 0 saturated heterocycles. The molecular formula is C28H30BrN3O6S2. The predicted octanol–water partition coefficient (Wildman–Crippen LogP) is 5.49. The molecule has 0 aliphatic carbocycles. The molecule has 3 rings (SSSR count). The van der Waals surface area contributed by atoms with Gasteiger partial charge in [-0.3, -0.25) is 9.10 Å². The fourth-order valence-corrected chi connectivity index (χ4v) is 5.91. The Labute approximate surface area is 247 Å². The third kappa shape index (κ3) is 8.03. The normalized spacial score (nSPS) is 11.2. The summed E-state index contributed by atoms with van der Waals surface area (Å²) in [7, 11) is -2.57. The van der Waals surface area contributed by atoms with Gasteiger partial charge >= 0.3 is 0 Å². The van der Waals surface area contributed by atoms with E-state index in [1.807, 2.05) is 13.2 Å². The summed E-state index contributed by atoms with van der Waals surface area (Å²) < 4.78 is 45.4. The van der Waals surface area contributed by atoms with Crippen LogP contribution in [0.25, 0.3) is 0 Å². The monoisotopic (exact) mass is 647 g/mol. The Hall–Kier alpha value is -3.48. The number of carbonyl (C=O) groups is 1. The Kier molecular flexibility index (Phi) is 11.5. The Morgan fingerprint density at radius 2 is 1.82 bits per heavy atom. The molecule has 0 fully saturated rings. The van der Waals surface area contributed by atoms with Crippen molar-refractivity contribution in [1.82, 2.24) is 5.43 Å². The van der Waals surface area contributed by atoms with Crippen LogP contribution in [0.3, 0.4) is 0 Å². The fraction of sp³-hybridized carbons (Fsp3) is 0.214. The minimum absolute atomic E-state index is 0.0613. The number of methoxy groups -OCH3 is 1. The summed E-state index contributed by atoms with van der Waals surface area (Å²) in [5, 5.41) is 4.01. The molecule has 1 N–H and O–H groups in total. The van der Waals surface area contributed by atoms with Crippen LogP contribution in [-0.4, -0.2) is 53.7 Å². The molecule has 3 aromatic carbocycles. The van der Waals surface area contributed by atoms with Gasteiger partial charge in [-0.05, 0) is 95.3 Å². The molecule has 212 valence electrons. The van der Waals surface area contributed by atoms with Crippen molar-refractivity contribution >= 4 is 55.5 Å². The lowest BCUT2D eigenvalue weighted by Crippen LogP contribution is -2.39. The molecule has 0 bridgehead atoms. The van der Waals surface area contributed by atoms with Gasteiger partial charge in [0.1, 0.15) is 18.9 Å². The molecule has 0 saturated carbocycles. The molecule has 0 heterocycles. The van der Waals surface area contributed by atoms with Gasteiger partial charge in [0.05, 0.1) is 35.0 Å². The first kappa shape index (κ1) is 31.1. The molecule has 0 atom stereocenters. The van der Waals surface area contributed by atoms with Gasteiger partial charge in [0.15, 0.2) is 11.5 Å². The van der Waals surface area contributed by atoms with Crippen LogP contribution in [-0.2, 0) is 14.8 Å². The van der Waals surface area contributed by atoms with E-state index in [0.29, 0.717) is 46.2 Å². The van der Waals surface area contributed by atoms with E-state index in [4.69, 9.17) is 14.2 Å². The number of amides is 1. The van der Waals surface area contributed by atoms with E-state index in [1.165, 1.54) is 37.2 Å². The van der Waals surface area contributed by atoms with Crippen LogP contribution < -0.4 is 23.9 Å². The number of sulfonamides is 1. The van der Waals surface area contributed by atoms with Crippen LogP contribution in [0.5, 0.6) is 17.2 Å². The van der Waals surface area contributed by atoms with E-state index >= 15 is 0 Å². The number of nitrogens with zero attached hydrogens (tertiary/aromatic N) is 2. The summed E-state index contributed by atoms with van der Waals surface area (Å²) >= 11 is 4.94. The Bertz CT molecular complexity index is 1450. The molecule has 9 nitrogen and oxygen atoms in total. The number of nitrogens with one attached hydrogen (secondary N) is 1. The highest BCUT2D eigenvalue weighted by atomic mass is 79.9. The largest absolute Gasteiger partial charge is 0.494 e. The van der Waals surface area contributed by atoms with Crippen LogP contribution in [0.15, 0.2) is 92.7 Å². The topological polar surface area (TPSA) is 107 Å².